The average molecular weight is 385 g/mol. The number of rotatable bonds is 1. The lowest BCUT2D eigenvalue weighted by atomic mass is 9.90. The predicted molar refractivity (Wildman–Crippen MR) is 77.4 cm³/mol. The Labute approximate surface area is 144 Å². The lowest BCUT2D eigenvalue weighted by Gasteiger charge is -2.36. The fourth-order valence-electron chi connectivity index (χ4n) is 3.70. The van der Waals surface area contributed by atoms with Gasteiger partial charge in [-0.15, -0.1) is 0 Å². The van der Waals surface area contributed by atoms with E-state index in [1.807, 2.05) is 0 Å². The third kappa shape index (κ3) is 2.87. The summed E-state index contributed by atoms with van der Waals surface area (Å²) in [6.07, 6.45) is -5.23. The van der Waals surface area contributed by atoms with E-state index in [4.69, 9.17) is 11.6 Å². The van der Waals surface area contributed by atoms with Crippen LogP contribution in [0.4, 0.5) is 22.0 Å². The van der Waals surface area contributed by atoms with Gasteiger partial charge < -0.3 is 10.0 Å². The van der Waals surface area contributed by atoms with E-state index in [0.717, 1.165) is 11.0 Å². The number of aromatic nitrogens is 1. The van der Waals surface area contributed by atoms with Crippen molar-refractivity contribution < 1.29 is 31.9 Å². The molecule has 1 aromatic heterocycles. The van der Waals surface area contributed by atoms with Gasteiger partial charge in [-0.25, -0.2) is 13.8 Å². The molecule has 1 N–H and O–H groups in total. The molecule has 2 aliphatic rings. The summed E-state index contributed by atoms with van der Waals surface area (Å²) in [5, 5.41) is 9.11. The molecule has 2 heterocycles. The standard InChI is InChI=1S/C15H14ClF5N2O2/c16-10-8(15(19,20)21)3-4-9(22-10)11(24)23-7-14(17,18)12(25)13(23)5-1-2-6-13/h3-4,12,25H,1-2,5-7H2. The Bertz CT molecular complexity index is 704. The Kier molecular flexibility index (Phi) is 4.23. The molecular formula is C15H14ClF5N2O2. The number of likely N-dealkylation sites (tertiary alicyclic amines) is 1. The minimum Gasteiger partial charge on any atom is -0.384 e. The highest BCUT2D eigenvalue weighted by Gasteiger charge is 2.64. The van der Waals surface area contributed by atoms with Gasteiger partial charge in [-0.2, -0.15) is 13.2 Å². The van der Waals surface area contributed by atoms with Gasteiger partial charge in [0.1, 0.15) is 17.0 Å². The normalized spacial score (nSPS) is 24.9. The van der Waals surface area contributed by atoms with E-state index in [1.165, 1.54) is 0 Å². The molecule has 2 fully saturated rings. The van der Waals surface area contributed by atoms with Crippen LogP contribution < -0.4 is 0 Å². The maximum absolute atomic E-state index is 14.0. The van der Waals surface area contributed by atoms with Crippen LogP contribution in [0.3, 0.4) is 0 Å². The second-order valence-corrected chi connectivity index (χ2v) is 6.76. The first-order valence-electron chi connectivity index (χ1n) is 7.61. The molecule has 1 aliphatic carbocycles. The SMILES string of the molecule is O=C(c1ccc(C(F)(F)F)c(Cl)n1)N1CC(F)(F)C(O)C12CCCC2. The van der Waals surface area contributed by atoms with Crippen molar-refractivity contribution in [3.8, 4) is 0 Å². The first kappa shape index (κ1) is 18.3. The van der Waals surface area contributed by atoms with E-state index in [1.54, 1.807) is 0 Å². The number of nitrogens with zero attached hydrogens (tertiary/aromatic N) is 2. The largest absolute Gasteiger partial charge is 0.419 e. The van der Waals surface area contributed by atoms with Gasteiger partial charge in [0.15, 0.2) is 0 Å². The van der Waals surface area contributed by atoms with Crippen molar-refractivity contribution in [1.29, 1.82) is 0 Å². The second-order valence-electron chi connectivity index (χ2n) is 6.40. The third-order valence-electron chi connectivity index (χ3n) is 4.90. The van der Waals surface area contributed by atoms with E-state index in [-0.39, 0.29) is 12.8 Å². The quantitative estimate of drug-likeness (QED) is 0.595. The zero-order chi connectivity index (χ0) is 18.6. The minimum atomic E-state index is -4.74. The smallest absolute Gasteiger partial charge is 0.384 e. The second kappa shape index (κ2) is 5.77. The molecule has 1 amide bonds. The molecular weight excluding hydrogens is 371 g/mol. The molecule has 138 valence electrons. The summed E-state index contributed by atoms with van der Waals surface area (Å²) in [6.45, 7) is -1.01. The number of aliphatic hydroxyl groups excluding tert-OH is 1. The summed E-state index contributed by atoms with van der Waals surface area (Å²) >= 11 is 5.50. The highest BCUT2D eigenvalue weighted by Crippen LogP contribution is 2.49. The summed E-state index contributed by atoms with van der Waals surface area (Å²) in [5.74, 6) is -4.45. The van der Waals surface area contributed by atoms with Crippen molar-refractivity contribution >= 4 is 17.5 Å². The van der Waals surface area contributed by atoms with Gasteiger partial charge in [-0.05, 0) is 25.0 Å². The Hall–Kier alpha value is -1.48. The van der Waals surface area contributed by atoms with Crippen LogP contribution in [0.2, 0.25) is 5.15 Å². The van der Waals surface area contributed by atoms with Crippen LogP contribution in [0.5, 0.6) is 0 Å². The molecule has 3 rings (SSSR count). The van der Waals surface area contributed by atoms with E-state index >= 15 is 0 Å². The van der Waals surface area contributed by atoms with Crippen molar-refractivity contribution in [2.75, 3.05) is 6.54 Å². The predicted octanol–water partition coefficient (Wildman–Crippen LogP) is 3.52. The van der Waals surface area contributed by atoms with Crippen LogP contribution in [-0.4, -0.2) is 45.0 Å². The molecule has 1 aromatic rings. The topological polar surface area (TPSA) is 53.4 Å². The molecule has 4 nitrogen and oxygen atoms in total. The lowest BCUT2D eigenvalue weighted by molar-refractivity contribution is -0.137. The Morgan fingerprint density at radius 3 is 2.40 bits per heavy atom. The average Bonchev–Trinajstić information content (AvgIpc) is 3.06. The summed E-state index contributed by atoms with van der Waals surface area (Å²) < 4.78 is 66.2. The zero-order valence-electron chi connectivity index (χ0n) is 12.8. The number of hydrogen-bond donors (Lipinski definition) is 1. The number of halogens is 6. The van der Waals surface area contributed by atoms with Crippen LogP contribution in [0.25, 0.3) is 0 Å². The maximum atomic E-state index is 14.0. The van der Waals surface area contributed by atoms with Gasteiger partial charge in [0, 0.05) is 0 Å². The van der Waals surface area contributed by atoms with Crippen molar-refractivity contribution in [1.82, 2.24) is 9.88 Å². The first-order chi connectivity index (χ1) is 11.5. The van der Waals surface area contributed by atoms with Gasteiger partial charge in [0.2, 0.25) is 0 Å². The van der Waals surface area contributed by atoms with Crippen LogP contribution in [0.1, 0.15) is 41.7 Å². The number of alkyl halides is 5. The van der Waals surface area contributed by atoms with Crippen molar-refractivity contribution in [2.24, 2.45) is 0 Å². The maximum Gasteiger partial charge on any atom is 0.419 e. The van der Waals surface area contributed by atoms with Gasteiger partial charge in [0.05, 0.1) is 17.6 Å². The third-order valence-corrected chi connectivity index (χ3v) is 5.19. The lowest BCUT2D eigenvalue weighted by Crippen LogP contribution is -2.52. The number of carbonyl (C=O) groups excluding carboxylic acids is 1. The molecule has 1 unspecified atom stereocenters. The number of pyridine rings is 1. The van der Waals surface area contributed by atoms with Crippen molar-refractivity contribution in [3.05, 3.63) is 28.5 Å². The Balaban J connectivity index is 1.96. The van der Waals surface area contributed by atoms with Crippen LogP contribution in [0, 0.1) is 0 Å². The number of amides is 1. The minimum absolute atomic E-state index is 0.198. The van der Waals surface area contributed by atoms with Crippen molar-refractivity contribution in [3.63, 3.8) is 0 Å². The highest BCUT2D eigenvalue weighted by molar-refractivity contribution is 6.30. The molecule has 0 aromatic carbocycles. The van der Waals surface area contributed by atoms with Gasteiger partial charge >= 0.3 is 6.18 Å². The molecule has 25 heavy (non-hydrogen) atoms. The Morgan fingerprint density at radius 2 is 1.88 bits per heavy atom. The summed E-state index contributed by atoms with van der Waals surface area (Å²) in [6, 6.07) is 1.40. The fourth-order valence-corrected chi connectivity index (χ4v) is 3.96. The highest BCUT2D eigenvalue weighted by atomic mass is 35.5. The molecule has 1 saturated carbocycles. The summed E-state index contributed by atoms with van der Waals surface area (Å²) in [7, 11) is 0. The molecule has 1 saturated heterocycles. The molecule has 10 heteroatoms. The monoisotopic (exact) mass is 384 g/mol. The van der Waals surface area contributed by atoms with E-state index in [0.29, 0.717) is 18.9 Å². The molecule has 1 atom stereocenters. The van der Waals surface area contributed by atoms with E-state index in [2.05, 4.69) is 4.98 Å². The number of carbonyl (C=O) groups is 1. The Morgan fingerprint density at radius 1 is 1.28 bits per heavy atom. The molecule has 1 aliphatic heterocycles. The van der Waals surface area contributed by atoms with Gasteiger partial charge in [-0.1, -0.05) is 24.4 Å². The van der Waals surface area contributed by atoms with E-state index in [9.17, 15) is 31.9 Å². The summed E-state index contributed by atoms with van der Waals surface area (Å²) in [4.78, 5) is 16.9. The van der Waals surface area contributed by atoms with Gasteiger partial charge in [-0.3, -0.25) is 4.79 Å². The van der Waals surface area contributed by atoms with Crippen LogP contribution in [0.15, 0.2) is 12.1 Å². The van der Waals surface area contributed by atoms with E-state index < -0.39 is 52.6 Å². The molecule has 1 spiro atoms. The fraction of sp³-hybridized carbons (Fsp3) is 0.600. The number of aliphatic hydroxyl groups is 1. The van der Waals surface area contributed by atoms with Crippen molar-refractivity contribution in [2.45, 2.75) is 49.4 Å². The summed E-state index contributed by atoms with van der Waals surface area (Å²) in [5.41, 5.74) is -3.10. The van der Waals surface area contributed by atoms with Crippen LogP contribution >= 0.6 is 11.6 Å². The van der Waals surface area contributed by atoms with Crippen LogP contribution in [-0.2, 0) is 6.18 Å². The first-order valence-corrected chi connectivity index (χ1v) is 7.98. The zero-order valence-corrected chi connectivity index (χ0v) is 13.5. The number of hydrogen-bond acceptors (Lipinski definition) is 3. The molecule has 0 bridgehead atoms. The van der Waals surface area contributed by atoms with Gasteiger partial charge in [0.25, 0.3) is 11.8 Å². The molecule has 0 radical (unpaired) electrons.